The summed E-state index contributed by atoms with van der Waals surface area (Å²) in [7, 11) is 0. The zero-order chi connectivity index (χ0) is 25.3. The van der Waals surface area contributed by atoms with E-state index in [9.17, 15) is 4.79 Å². The molecule has 1 N–H and O–H groups in total. The molecule has 0 radical (unpaired) electrons. The molecule has 1 saturated heterocycles. The monoisotopic (exact) mass is 490 g/mol. The van der Waals surface area contributed by atoms with Gasteiger partial charge >= 0.3 is 0 Å². The van der Waals surface area contributed by atoms with Crippen LogP contribution in [-0.4, -0.2) is 37.1 Å². The van der Waals surface area contributed by atoms with Crippen molar-refractivity contribution in [2.75, 3.05) is 41.3 Å². The first-order valence-electron chi connectivity index (χ1n) is 12.5. The second kappa shape index (κ2) is 11.9. The van der Waals surface area contributed by atoms with Crippen LogP contribution in [0.4, 0.5) is 17.2 Å². The number of carbonyl (C=O) groups is 1. The van der Waals surface area contributed by atoms with Gasteiger partial charge in [0.25, 0.3) is 0 Å². The average molecular weight is 491 g/mol. The van der Waals surface area contributed by atoms with E-state index in [-0.39, 0.29) is 5.91 Å². The van der Waals surface area contributed by atoms with E-state index in [4.69, 9.17) is 4.74 Å². The molecule has 6 nitrogen and oxygen atoms in total. The smallest absolute Gasteiger partial charge is 0.248 e. The van der Waals surface area contributed by atoms with Gasteiger partial charge in [-0.1, -0.05) is 60.7 Å². The maximum Gasteiger partial charge on any atom is 0.248 e. The first-order valence-corrected chi connectivity index (χ1v) is 12.5. The fraction of sp³-hybridized carbons (Fsp3) is 0.161. The summed E-state index contributed by atoms with van der Waals surface area (Å²) in [5.41, 5.74) is 3.97. The van der Waals surface area contributed by atoms with Crippen molar-refractivity contribution in [2.24, 2.45) is 0 Å². The van der Waals surface area contributed by atoms with E-state index in [1.807, 2.05) is 72.8 Å². The Labute approximate surface area is 217 Å². The number of piperazine rings is 1. The maximum absolute atomic E-state index is 12.4. The number of aromatic nitrogens is 1. The second-order valence-corrected chi connectivity index (χ2v) is 8.88. The van der Waals surface area contributed by atoms with Crippen LogP contribution in [0.2, 0.25) is 0 Å². The lowest BCUT2D eigenvalue weighted by molar-refractivity contribution is -0.111. The number of carbonyl (C=O) groups excluding carboxylic acids is 1. The number of para-hydroxylation sites is 1. The fourth-order valence-corrected chi connectivity index (χ4v) is 4.25. The van der Waals surface area contributed by atoms with Crippen LogP contribution < -0.4 is 19.9 Å². The minimum absolute atomic E-state index is 0.199. The van der Waals surface area contributed by atoms with Crippen molar-refractivity contribution < 1.29 is 9.53 Å². The lowest BCUT2D eigenvalue weighted by Crippen LogP contribution is -2.46. The Morgan fingerprint density at radius 1 is 0.811 bits per heavy atom. The van der Waals surface area contributed by atoms with Crippen molar-refractivity contribution in [1.29, 1.82) is 0 Å². The molecule has 0 bridgehead atoms. The summed E-state index contributed by atoms with van der Waals surface area (Å²) < 4.78 is 5.81. The highest BCUT2D eigenvalue weighted by atomic mass is 16.5. The van der Waals surface area contributed by atoms with Gasteiger partial charge in [0.15, 0.2) is 0 Å². The van der Waals surface area contributed by atoms with E-state index in [0.717, 1.165) is 48.9 Å². The van der Waals surface area contributed by atoms with Crippen LogP contribution in [0.3, 0.4) is 0 Å². The Balaban J connectivity index is 1.08. The van der Waals surface area contributed by atoms with Gasteiger partial charge in [-0.25, -0.2) is 4.98 Å². The number of benzene rings is 3. The summed E-state index contributed by atoms with van der Waals surface area (Å²) in [5, 5.41) is 2.88. The van der Waals surface area contributed by atoms with E-state index in [2.05, 4.69) is 44.4 Å². The highest BCUT2D eigenvalue weighted by Gasteiger charge is 2.18. The molecular formula is C31H30N4O2. The number of hydrogen-bond acceptors (Lipinski definition) is 5. The number of anilines is 3. The van der Waals surface area contributed by atoms with E-state index < -0.39 is 0 Å². The Morgan fingerprint density at radius 2 is 1.49 bits per heavy atom. The van der Waals surface area contributed by atoms with Gasteiger partial charge in [-0.05, 0) is 53.6 Å². The number of pyridine rings is 1. The molecule has 186 valence electrons. The number of nitrogens with one attached hydrogen (secondary N) is 1. The summed E-state index contributed by atoms with van der Waals surface area (Å²) in [6.45, 7) is 4.25. The quantitative estimate of drug-likeness (QED) is 0.324. The number of rotatable bonds is 8. The van der Waals surface area contributed by atoms with Gasteiger partial charge < -0.3 is 19.9 Å². The van der Waals surface area contributed by atoms with Crippen molar-refractivity contribution in [3.8, 4) is 5.75 Å². The minimum atomic E-state index is -0.199. The molecule has 0 aliphatic carbocycles. The molecule has 1 fully saturated rings. The standard InChI is InChI=1S/C31H30N4O2/c36-31(18-13-25-11-15-29(16-12-25)37-24-26-7-3-1-4-8-26)33-27-14-17-30(32-23-27)35-21-19-34(20-22-35)28-9-5-2-6-10-28/h1-18,23H,19-22,24H2,(H,33,36)/b18-13+. The number of amides is 1. The molecule has 2 heterocycles. The van der Waals surface area contributed by atoms with Crippen molar-refractivity contribution in [1.82, 2.24) is 4.98 Å². The highest BCUT2D eigenvalue weighted by molar-refractivity contribution is 6.01. The second-order valence-electron chi connectivity index (χ2n) is 8.88. The van der Waals surface area contributed by atoms with E-state index in [1.54, 1.807) is 12.3 Å². The van der Waals surface area contributed by atoms with E-state index >= 15 is 0 Å². The lowest BCUT2D eigenvalue weighted by atomic mass is 10.2. The van der Waals surface area contributed by atoms with Crippen LogP contribution in [0.5, 0.6) is 5.75 Å². The normalized spacial score (nSPS) is 13.5. The third-order valence-corrected chi connectivity index (χ3v) is 6.30. The molecule has 0 saturated carbocycles. The Bertz CT molecular complexity index is 1300. The van der Waals surface area contributed by atoms with Crippen LogP contribution in [0.25, 0.3) is 6.08 Å². The van der Waals surface area contributed by atoms with Crippen LogP contribution in [-0.2, 0) is 11.4 Å². The molecule has 1 aromatic heterocycles. The van der Waals surface area contributed by atoms with Crippen LogP contribution in [0.15, 0.2) is 109 Å². The van der Waals surface area contributed by atoms with Gasteiger partial charge in [0.05, 0.1) is 11.9 Å². The minimum Gasteiger partial charge on any atom is -0.489 e. The lowest BCUT2D eigenvalue weighted by Gasteiger charge is -2.36. The summed E-state index contributed by atoms with van der Waals surface area (Å²) >= 11 is 0. The number of nitrogens with zero attached hydrogens (tertiary/aromatic N) is 3. The molecule has 4 aromatic rings. The molecule has 0 spiro atoms. The van der Waals surface area contributed by atoms with Crippen LogP contribution >= 0.6 is 0 Å². The molecule has 1 aliphatic heterocycles. The summed E-state index contributed by atoms with van der Waals surface area (Å²) in [5.74, 6) is 1.52. The number of hydrogen-bond donors (Lipinski definition) is 1. The van der Waals surface area contributed by atoms with Crippen LogP contribution in [0.1, 0.15) is 11.1 Å². The Hall–Kier alpha value is -4.58. The van der Waals surface area contributed by atoms with Crippen molar-refractivity contribution in [3.63, 3.8) is 0 Å². The fourth-order valence-electron chi connectivity index (χ4n) is 4.25. The zero-order valence-corrected chi connectivity index (χ0v) is 20.7. The first-order chi connectivity index (χ1) is 18.2. The molecule has 1 aliphatic rings. The molecule has 37 heavy (non-hydrogen) atoms. The van der Waals surface area contributed by atoms with Gasteiger partial charge in [0.1, 0.15) is 18.2 Å². The van der Waals surface area contributed by atoms with Gasteiger partial charge in [0, 0.05) is 37.9 Å². The Morgan fingerprint density at radius 3 is 2.16 bits per heavy atom. The van der Waals surface area contributed by atoms with Gasteiger partial charge in [-0.15, -0.1) is 0 Å². The predicted molar refractivity (Wildman–Crippen MR) is 150 cm³/mol. The van der Waals surface area contributed by atoms with Crippen molar-refractivity contribution in [2.45, 2.75) is 6.61 Å². The van der Waals surface area contributed by atoms with Crippen molar-refractivity contribution >= 4 is 29.2 Å². The average Bonchev–Trinajstić information content (AvgIpc) is 2.97. The first kappa shape index (κ1) is 24.1. The summed E-state index contributed by atoms with van der Waals surface area (Å²) in [6.07, 6.45) is 5.02. The van der Waals surface area contributed by atoms with E-state index in [0.29, 0.717) is 12.3 Å². The molecule has 0 atom stereocenters. The summed E-state index contributed by atoms with van der Waals surface area (Å²) in [4.78, 5) is 21.6. The number of ether oxygens (including phenoxy) is 1. The zero-order valence-electron chi connectivity index (χ0n) is 20.7. The van der Waals surface area contributed by atoms with E-state index in [1.165, 1.54) is 11.8 Å². The molecule has 6 heteroatoms. The molecular weight excluding hydrogens is 460 g/mol. The SMILES string of the molecule is O=C(/C=C/c1ccc(OCc2ccccc2)cc1)Nc1ccc(N2CCN(c3ccccc3)CC2)nc1. The largest absolute Gasteiger partial charge is 0.489 e. The van der Waals surface area contributed by atoms with Gasteiger partial charge in [0.2, 0.25) is 5.91 Å². The van der Waals surface area contributed by atoms with Crippen molar-refractivity contribution in [3.05, 3.63) is 120 Å². The highest BCUT2D eigenvalue weighted by Crippen LogP contribution is 2.20. The molecule has 3 aromatic carbocycles. The molecule has 5 rings (SSSR count). The topological polar surface area (TPSA) is 57.7 Å². The third-order valence-electron chi connectivity index (χ3n) is 6.30. The Kier molecular flexibility index (Phi) is 7.76. The van der Waals surface area contributed by atoms with Gasteiger partial charge in [-0.3, -0.25) is 4.79 Å². The summed E-state index contributed by atoms with van der Waals surface area (Å²) in [6, 6.07) is 32.1. The maximum atomic E-state index is 12.4. The molecule has 1 amide bonds. The third kappa shape index (κ3) is 6.76. The van der Waals surface area contributed by atoms with Gasteiger partial charge in [-0.2, -0.15) is 0 Å². The molecule has 0 unspecified atom stereocenters. The predicted octanol–water partition coefficient (Wildman–Crippen LogP) is 5.64. The van der Waals surface area contributed by atoms with Crippen LogP contribution in [0, 0.1) is 0 Å².